The highest BCUT2D eigenvalue weighted by molar-refractivity contribution is 7.93. The van der Waals surface area contributed by atoms with Crippen molar-refractivity contribution in [3.05, 3.63) is 77.3 Å². The molecule has 0 saturated heterocycles. The molecular weight excluding hydrogens is 568 g/mol. The smallest absolute Gasteiger partial charge is 0.305 e. The van der Waals surface area contributed by atoms with Crippen LogP contribution in [-0.2, 0) is 14.8 Å². The zero-order chi connectivity index (χ0) is 28.0. The van der Waals surface area contributed by atoms with Crippen LogP contribution < -0.4 is 14.8 Å². The van der Waals surface area contributed by atoms with Gasteiger partial charge in [0.2, 0.25) is 5.13 Å². The van der Waals surface area contributed by atoms with E-state index in [4.69, 9.17) is 21.4 Å². The monoisotopic (exact) mass is 584 g/mol. The lowest BCUT2D eigenvalue weighted by molar-refractivity contribution is -0.136. The largest absolute Gasteiger partial charge is 0.481 e. The number of aliphatic carboxylic acids is 1. The van der Waals surface area contributed by atoms with E-state index in [0.29, 0.717) is 16.1 Å². The zero-order valence-electron chi connectivity index (χ0n) is 19.7. The number of carboxylic acid groups (broad SMARTS) is 1. The summed E-state index contributed by atoms with van der Waals surface area (Å²) in [5.41, 5.74) is 0.955. The van der Waals surface area contributed by atoms with Gasteiger partial charge in [0.1, 0.15) is 29.6 Å². The van der Waals surface area contributed by atoms with Crippen LogP contribution in [-0.4, -0.2) is 46.3 Å². The molecule has 4 aromatic rings. The third kappa shape index (κ3) is 6.85. The van der Waals surface area contributed by atoms with E-state index in [9.17, 15) is 23.3 Å². The second kappa shape index (κ2) is 11.9. The van der Waals surface area contributed by atoms with Crippen molar-refractivity contribution in [1.82, 2.24) is 19.7 Å². The fraction of sp³-hybridized carbons (Fsp3) is 0.0833. The normalized spacial score (nSPS) is 10.9. The van der Waals surface area contributed by atoms with Gasteiger partial charge in [0, 0.05) is 34.9 Å². The first kappa shape index (κ1) is 27.5. The van der Waals surface area contributed by atoms with E-state index in [1.807, 2.05) is 6.07 Å². The number of rotatable bonds is 10. The Morgan fingerprint density at radius 1 is 1.10 bits per heavy atom. The van der Waals surface area contributed by atoms with Gasteiger partial charge in [-0.25, -0.2) is 13.4 Å². The molecule has 3 N–H and O–H groups in total. The van der Waals surface area contributed by atoms with Crippen molar-refractivity contribution < 1.29 is 27.9 Å². The first-order valence-electron chi connectivity index (χ1n) is 10.9. The van der Waals surface area contributed by atoms with Crippen molar-refractivity contribution in [3.63, 3.8) is 0 Å². The molecular formula is C24H17ClN6O6S2. The molecule has 0 atom stereocenters. The number of carboxylic acids is 1. The summed E-state index contributed by atoms with van der Waals surface area (Å²) in [6.45, 7) is -0.0650. The number of aromatic nitrogens is 3. The Morgan fingerprint density at radius 2 is 1.90 bits per heavy atom. The minimum absolute atomic E-state index is 0.0408. The van der Waals surface area contributed by atoms with Crippen molar-refractivity contribution in [1.29, 1.82) is 5.26 Å². The number of halogens is 1. The number of carbonyl (C=O) groups is 2. The van der Waals surface area contributed by atoms with Crippen LogP contribution in [0.25, 0.3) is 11.1 Å². The summed E-state index contributed by atoms with van der Waals surface area (Å²) >= 11 is 7.08. The molecule has 0 aliphatic heterocycles. The van der Waals surface area contributed by atoms with Crippen LogP contribution in [0.1, 0.15) is 22.5 Å². The predicted octanol–water partition coefficient (Wildman–Crippen LogP) is 3.92. The van der Waals surface area contributed by atoms with Crippen LogP contribution in [0.5, 0.6) is 11.5 Å². The standard InChI is InChI=1S/C24H17ClN6O6S2/c25-16-1-3-21(18(11-16)14-5-7-27-19(10-14)23(34)28-8-6-22(32)33)37-20-4-2-17(9-15(20)12-26)39(35,36)31-24-29-13-30-38-24/h1-5,7,9-11,13H,6,8H2,(H,28,34)(H,32,33)(H,29,30,31). The van der Waals surface area contributed by atoms with Gasteiger partial charge in [-0.3, -0.25) is 19.3 Å². The number of sulfonamides is 1. The SMILES string of the molecule is N#Cc1cc(S(=O)(=O)Nc2ncns2)ccc1Oc1ccc(Cl)cc1-c1ccnc(C(=O)NCCC(=O)O)c1. The lowest BCUT2D eigenvalue weighted by atomic mass is 10.0. The van der Waals surface area contributed by atoms with Crippen LogP contribution in [0.15, 0.2) is 66.0 Å². The van der Waals surface area contributed by atoms with Crippen molar-refractivity contribution >= 4 is 50.2 Å². The minimum Gasteiger partial charge on any atom is -0.481 e. The molecule has 4 rings (SSSR count). The highest BCUT2D eigenvalue weighted by atomic mass is 35.5. The third-order valence-electron chi connectivity index (χ3n) is 5.05. The topological polar surface area (TPSA) is 184 Å². The summed E-state index contributed by atoms with van der Waals surface area (Å²) in [5, 5.41) is 21.4. The maximum absolute atomic E-state index is 12.7. The Balaban J connectivity index is 1.63. The van der Waals surface area contributed by atoms with Gasteiger partial charge in [-0.05, 0) is 54.1 Å². The Kier molecular flexibility index (Phi) is 8.35. The van der Waals surface area contributed by atoms with E-state index in [0.717, 1.165) is 11.5 Å². The number of anilines is 1. The van der Waals surface area contributed by atoms with Crippen molar-refractivity contribution in [3.8, 4) is 28.7 Å². The van der Waals surface area contributed by atoms with Gasteiger partial charge in [0.05, 0.1) is 16.9 Å². The van der Waals surface area contributed by atoms with Crippen LogP contribution in [0.4, 0.5) is 5.13 Å². The molecule has 0 radical (unpaired) electrons. The van der Waals surface area contributed by atoms with Gasteiger partial charge in [-0.2, -0.15) is 9.64 Å². The predicted molar refractivity (Wildman–Crippen MR) is 141 cm³/mol. The molecule has 0 bridgehead atoms. The Labute approximate surface area is 231 Å². The first-order chi connectivity index (χ1) is 18.7. The quantitative estimate of drug-likeness (QED) is 0.247. The number of nitrogens with zero attached hydrogens (tertiary/aromatic N) is 4. The maximum Gasteiger partial charge on any atom is 0.305 e. The van der Waals surface area contributed by atoms with Gasteiger partial charge < -0.3 is 15.2 Å². The molecule has 39 heavy (non-hydrogen) atoms. The lowest BCUT2D eigenvalue weighted by Crippen LogP contribution is -2.26. The summed E-state index contributed by atoms with van der Waals surface area (Å²) in [6.07, 6.45) is 2.37. The molecule has 198 valence electrons. The number of carbonyl (C=O) groups excluding carboxylic acids is 1. The molecule has 0 spiro atoms. The van der Waals surface area contributed by atoms with Crippen LogP contribution in [0.3, 0.4) is 0 Å². The lowest BCUT2D eigenvalue weighted by Gasteiger charge is -2.14. The second-order valence-electron chi connectivity index (χ2n) is 7.69. The van der Waals surface area contributed by atoms with Crippen LogP contribution in [0.2, 0.25) is 5.02 Å². The highest BCUT2D eigenvalue weighted by Crippen LogP contribution is 2.37. The summed E-state index contributed by atoms with van der Waals surface area (Å²) in [6, 6.07) is 13.5. The van der Waals surface area contributed by atoms with E-state index in [1.165, 1.54) is 36.8 Å². The number of ether oxygens (including phenoxy) is 1. The number of hydrogen-bond acceptors (Lipinski definition) is 10. The molecule has 1 amide bonds. The first-order valence-corrected chi connectivity index (χ1v) is 13.6. The van der Waals surface area contributed by atoms with Crippen molar-refractivity contribution in [2.24, 2.45) is 0 Å². The molecule has 2 aromatic carbocycles. The van der Waals surface area contributed by atoms with Gasteiger partial charge in [-0.1, -0.05) is 11.6 Å². The maximum atomic E-state index is 12.7. The van der Waals surface area contributed by atoms with Crippen LogP contribution in [0, 0.1) is 11.3 Å². The molecule has 0 saturated carbocycles. The zero-order valence-corrected chi connectivity index (χ0v) is 22.0. The second-order valence-corrected chi connectivity index (χ2v) is 10.6. The summed E-state index contributed by atoms with van der Waals surface area (Å²) < 4.78 is 37.4. The molecule has 0 aliphatic carbocycles. The van der Waals surface area contributed by atoms with E-state index < -0.39 is 21.9 Å². The third-order valence-corrected chi connectivity index (χ3v) is 7.34. The highest BCUT2D eigenvalue weighted by Gasteiger charge is 2.20. The molecule has 0 fully saturated rings. The molecule has 0 aliphatic rings. The summed E-state index contributed by atoms with van der Waals surface area (Å²) in [7, 11) is -4.03. The van der Waals surface area contributed by atoms with Crippen molar-refractivity contribution in [2.45, 2.75) is 11.3 Å². The Morgan fingerprint density at radius 3 is 2.62 bits per heavy atom. The number of nitrogens with one attached hydrogen (secondary N) is 2. The van der Waals surface area contributed by atoms with E-state index >= 15 is 0 Å². The fourth-order valence-electron chi connectivity index (χ4n) is 3.28. The van der Waals surface area contributed by atoms with E-state index in [-0.39, 0.29) is 45.7 Å². The molecule has 12 nitrogen and oxygen atoms in total. The van der Waals surface area contributed by atoms with Gasteiger partial charge >= 0.3 is 5.97 Å². The van der Waals surface area contributed by atoms with E-state index in [2.05, 4.69) is 24.4 Å². The Bertz CT molecular complexity index is 1690. The molecule has 15 heteroatoms. The number of pyridine rings is 1. The summed E-state index contributed by atoms with van der Waals surface area (Å²) in [5.74, 6) is -1.26. The van der Waals surface area contributed by atoms with Crippen LogP contribution >= 0.6 is 23.1 Å². The number of benzene rings is 2. The number of amides is 1. The molecule has 2 heterocycles. The number of nitriles is 1. The fourth-order valence-corrected chi connectivity index (χ4v) is 5.13. The van der Waals surface area contributed by atoms with Gasteiger partial charge in [0.25, 0.3) is 15.9 Å². The van der Waals surface area contributed by atoms with Gasteiger partial charge in [0.15, 0.2) is 0 Å². The average molecular weight is 585 g/mol. The molecule has 2 aromatic heterocycles. The Hall–Kier alpha value is -4.58. The summed E-state index contributed by atoms with van der Waals surface area (Å²) in [4.78, 5) is 30.8. The minimum atomic E-state index is -4.03. The van der Waals surface area contributed by atoms with E-state index in [1.54, 1.807) is 24.3 Å². The number of hydrogen-bond donors (Lipinski definition) is 3. The molecule has 0 unspecified atom stereocenters. The van der Waals surface area contributed by atoms with Gasteiger partial charge in [-0.15, -0.1) is 0 Å². The van der Waals surface area contributed by atoms with Crippen molar-refractivity contribution in [2.75, 3.05) is 11.3 Å². The average Bonchev–Trinajstić information content (AvgIpc) is 3.42.